The molecule has 2 amide bonds. The minimum Gasteiger partial charge on any atom is -0.493 e. The maximum atomic E-state index is 12.3. The van der Waals surface area contributed by atoms with Gasteiger partial charge >= 0.3 is 0 Å². The van der Waals surface area contributed by atoms with E-state index in [9.17, 15) is 18.0 Å². The molecule has 140 valence electrons. The molecule has 8 heteroatoms. The average Bonchev–Trinajstić information content (AvgIpc) is 2.94. The lowest BCUT2D eigenvalue weighted by atomic mass is 10.2. The topological polar surface area (TPSA) is 89.5 Å². The number of ether oxygens (including phenoxy) is 1. The quantitative estimate of drug-likeness (QED) is 0.745. The van der Waals surface area contributed by atoms with Gasteiger partial charge in [0.2, 0.25) is 0 Å². The Hall–Kier alpha value is -2.58. The van der Waals surface area contributed by atoms with Crippen molar-refractivity contribution < 1.29 is 22.7 Å². The highest BCUT2D eigenvalue weighted by Gasteiger charge is 2.24. The van der Waals surface area contributed by atoms with Gasteiger partial charge in [0.15, 0.2) is 9.84 Å². The first-order valence-electron chi connectivity index (χ1n) is 8.11. The van der Waals surface area contributed by atoms with Crippen LogP contribution in [0, 0.1) is 6.92 Å². The van der Waals surface area contributed by atoms with Gasteiger partial charge in [-0.15, -0.1) is 0 Å². The molecule has 27 heavy (non-hydrogen) atoms. The van der Waals surface area contributed by atoms with Gasteiger partial charge < -0.3 is 4.74 Å². The van der Waals surface area contributed by atoms with E-state index in [0.717, 1.165) is 22.9 Å². The van der Waals surface area contributed by atoms with Crippen LogP contribution in [-0.4, -0.2) is 31.9 Å². The van der Waals surface area contributed by atoms with Crippen LogP contribution < -0.4 is 10.1 Å². The summed E-state index contributed by atoms with van der Waals surface area (Å²) in [4.78, 5) is 23.3. The lowest BCUT2D eigenvalue weighted by Crippen LogP contribution is -2.17. The molecule has 1 N–H and O–H groups in total. The van der Waals surface area contributed by atoms with Crippen molar-refractivity contribution >= 4 is 38.8 Å². The van der Waals surface area contributed by atoms with Crippen molar-refractivity contribution in [2.45, 2.75) is 11.8 Å². The zero-order chi connectivity index (χ0) is 19.4. The number of rotatable bonds is 6. The minimum absolute atomic E-state index is 0.0312. The number of thioether (sulfide) groups is 1. The summed E-state index contributed by atoms with van der Waals surface area (Å²) in [5.74, 6) is -0.0108. The van der Waals surface area contributed by atoms with Crippen molar-refractivity contribution in [2.75, 3.05) is 12.4 Å². The van der Waals surface area contributed by atoms with Crippen LogP contribution in [-0.2, 0) is 14.6 Å². The van der Waals surface area contributed by atoms with Crippen molar-refractivity contribution in [3.05, 3.63) is 64.6 Å². The predicted octanol–water partition coefficient (Wildman–Crippen LogP) is 3.17. The summed E-state index contributed by atoms with van der Waals surface area (Å²) in [6, 6.07) is 13.5. The number of carbonyl (C=O) groups is 2. The Morgan fingerprint density at radius 3 is 2.30 bits per heavy atom. The molecule has 2 aromatic carbocycles. The summed E-state index contributed by atoms with van der Waals surface area (Å²) < 4.78 is 30.1. The highest BCUT2D eigenvalue weighted by molar-refractivity contribution is 8.18. The van der Waals surface area contributed by atoms with Crippen LogP contribution >= 0.6 is 11.8 Å². The smallest absolute Gasteiger partial charge is 0.290 e. The fourth-order valence-corrected chi connectivity index (χ4v) is 4.14. The van der Waals surface area contributed by atoms with Crippen LogP contribution in [0.5, 0.6) is 5.75 Å². The Morgan fingerprint density at radius 1 is 1.04 bits per heavy atom. The number of amides is 2. The van der Waals surface area contributed by atoms with Gasteiger partial charge in [0.05, 0.1) is 15.6 Å². The second-order valence-corrected chi connectivity index (χ2v) is 9.03. The standard InChI is InChI=1S/C19H17NO5S2/c1-13-2-8-16(9-3-13)27(23,24)11-10-25-15-6-4-14(5-7-15)12-17-18(21)20-19(22)26-17/h2-9,12H,10-11H2,1H3,(H,20,21,22). The first-order chi connectivity index (χ1) is 12.8. The Labute approximate surface area is 161 Å². The molecule has 0 aromatic heterocycles. The van der Waals surface area contributed by atoms with Gasteiger partial charge in [0.1, 0.15) is 12.4 Å². The third-order valence-electron chi connectivity index (χ3n) is 3.82. The molecule has 6 nitrogen and oxygen atoms in total. The van der Waals surface area contributed by atoms with E-state index in [0.29, 0.717) is 10.7 Å². The maximum Gasteiger partial charge on any atom is 0.290 e. The highest BCUT2D eigenvalue weighted by Crippen LogP contribution is 2.26. The monoisotopic (exact) mass is 403 g/mol. The molecule has 0 saturated carbocycles. The fourth-order valence-electron chi connectivity index (χ4n) is 2.37. The average molecular weight is 403 g/mol. The Balaban J connectivity index is 1.57. The summed E-state index contributed by atoms with van der Waals surface area (Å²) in [7, 11) is -3.40. The normalized spacial score (nSPS) is 15.8. The van der Waals surface area contributed by atoms with Crippen LogP contribution in [0.25, 0.3) is 6.08 Å². The maximum absolute atomic E-state index is 12.3. The molecule has 1 fully saturated rings. The Kier molecular flexibility index (Phi) is 5.67. The summed E-state index contributed by atoms with van der Waals surface area (Å²) in [5.41, 5.74) is 1.74. The molecule has 0 aliphatic carbocycles. The predicted molar refractivity (Wildman–Crippen MR) is 104 cm³/mol. The van der Waals surface area contributed by atoms with Crippen molar-refractivity contribution in [3.63, 3.8) is 0 Å². The molecule has 0 atom stereocenters. The Morgan fingerprint density at radius 2 is 1.70 bits per heavy atom. The van der Waals surface area contributed by atoms with Crippen molar-refractivity contribution in [1.82, 2.24) is 5.32 Å². The third-order valence-corrected chi connectivity index (χ3v) is 6.33. The molecule has 0 unspecified atom stereocenters. The molecule has 2 aromatic rings. The first kappa shape index (κ1) is 19.2. The number of nitrogens with one attached hydrogen (secondary N) is 1. The molecule has 1 saturated heterocycles. The summed E-state index contributed by atoms with van der Waals surface area (Å²) in [6.07, 6.45) is 1.61. The number of hydrogen-bond acceptors (Lipinski definition) is 6. The zero-order valence-electron chi connectivity index (χ0n) is 14.5. The molecule has 1 aliphatic heterocycles. The molecular formula is C19H17NO5S2. The molecule has 1 aliphatic rings. The van der Waals surface area contributed by atoms with Gasteiger partial charge in [-0.05, 0) is 54.6 Å². The first-order valence-corrected chi connectivity index (χ1v) is 10.6. The molecule has 0 bridgehead atoms. The molecule has 0 spiro atoms. The largest absolute Gasteiger partial charge is 0.493 e. The molecule has 3 rings (SSSR count). The van der Waals surface area contributed by atoms with Gasteiger partial charge in [0, 0.05) is 0 Å². The third kappa shape index (κ3) is 4.99. The molecular weight excluding hydrogens is 386 g/mol. The van der Waals surface area contributed by atoms with E-state index in [2.05, 4.69) is 5.32 Å². The minimum atomic E-state index is -3.40. The fraction of sp³-hybridized carbons (Fsp3) is 0.158. The lowest BCUT2D eigenvalue weighted by molar-refractivity contribution is -0.115. The highest BCUT2D eigenvalue weighted by atomic mass is 32.2. The summed E-state index contributed by atoms with van der Waals surface area (Å²) in [5, 5.41) is 1.80. The van der Waals surface area contributed by atoms with Gasteiger partial charge in [-0.2, -0.15) is 0 Å². The van der Waals surface area contributed by atoms with E-state index in [1.807, 2.05) is 6.92 Å². The molecule has 1 heterocycles. The van der Waals surface area contributed by atoms with Crippen LogP contribution in [0.3, 0.4) is 0 Å². The zero-order valence-corrected chi connectivity index (χ0v) is 16.1. The van der Waals surface area contributed by atoms with E-state index in [1.165, 1.54) is 0 Å². The van der Waals surface area contributed by atoms with Crippen molar-refractivity contribution in [1.29, 1.82) is 0 Å². The van der Waals surface area contributed by atoms with E-state index < -0.39 is 15.7 Å². The van der Waals surface area contributed by atoms with E-state index in [1.54, 1.807) is 54.6 Å². The second-order valence-electron chi connectivity index (χ2n) is 5.90. The number of carbonyl (C=O) groups excluding carboxylic acids is 2. The van der Waals surface area contributed by atoms with Crippen molar-refractivity contribution in [3.8, 4) is 5.75 Å². The Bertz CT molecular complexity index is 993. The SMILES string of the molecule is Cc1ccc(S(=O)(=O)CCOc2ccc(C=C3SC(=O)NC3=O)cc2)cc1. The second kappa shape index (κ2) is 7.98. The van der Waals surface area contributed by atoms with Crippen LogP contribution in [0.4, 0.5) is 4.79 Å². The van der Waals surface area contributed by atoms with Crippen molar-refractivity contribution in [2.24, 2.45) is 0 Å². The van der Waals surface area contributed by atoms with E-state index in [-0.39, 0.29) is 22.5 Å². The van der Waals surface area contributed by atoms with Gasteiger partial charge in [-0.1, -0.05) is 29.8 Å². The number of hydrogen-bond donors (Lipinski definition) is 1. The number of benzene rings is 2. The molecule has 0 radical (unpaired) electrons. The summed E-state index contributed by atoms with van der Waals surface area (Å²) >= 11 is 0.852. The number of imide groups is 1. The van der Waals surface area contributed by atoms with Crippen LogP contribution in [0.1, 0.15) is 11.1 Å². The van der Waals surface area contributed by atoms with E-state index >= 15 is 0 Å². The number of aryl methyl sites for hydroxylation is 1. The van der Waals surface area contributed by atoms with E-state index in [4.69, 9.17) is 4.74 Å². The lowest BCUT2D eigenvalue weighted by Gasteiger charge is -2.08. The van der Waals surface area contributed by atoms with Gasteiger partial charge in [-0.25, -0.2) is 8.42 Å². The summed E-state index contributed by atoms with van der Waals surface area (Å²) in [6.45, 7) is 1.93. The van der Waals surface area contributed by atoms with Gasteiger partial charge in [0.25, 0.3) is 11.1 Å². The van der Waals surface area contributed by atoms with Crippen LogP contribution in [0.15, 0.2) is 58.3 Å². The number of sulfone groups is 1. The van der Waals surface area contributed by atoms with Gasteiger partial charge in [-0.3, -0.25) is 14.9 Å². The van der Waals surface area contributed by atoms with Crippen LogP contribution in [0.2, 0.25) is 0 Å².